The first kappa shape index (κ1) is 18.1. The Kier molecular flexibility index (Phi) is 4.79. The molecule has 0 amide bonds. The summed E-state index contributed by atoms with van der Waals surface area (Å²) in [6, 6.07) is 12.2. The van der Waals surface area contributed by atoms with Crippen molar-refractivity contribution >= 4 is 22.1 Å². The predicted molar refractivity (Wildman–Crippen MR) is 108 cm³/mol. The van der Waals surface area contributed by atoms with Crippen LogP contribution in [0.4, 0.5) is 11.4 Å². The van der Waals surface area contributed by atoms with Gasteiger partial charge in [-0.1, -0.05) is 30.7 Å². The maximum Gasteiger partial charge on any atom is 0.293 e. The lowest BCUT2D eigenvalue weighted by molar-refractivity contribution is -0.384. The monoisotopic (exact) mass is 379 g/mol. The molecule has 2 aromatic carbocycles. The van der Waals surface area contributed by atoms with Crippen LogP contribution in [0.2, 0.25) is 0 Å². The summed E-state index contributed by atoms with van der Waals surface area (Å²) in [5.41, 5.74) is 7.53. The minimum Gasteiger partial charge on any atom is -0.364 e. The number of H-pyrrole nitrogens is 1. The number of hydrogen-bond acceptors (Lipinski definition) is 6. The average Bonchev–Trinajstić information content (AvgIpc) is 2.92. The Labute approximate surface area is 161 Å². The number of nitro benzene ring substituents is 1. The molecular formula is C20H21N5O3. The molecule has 144 valence electrons. The van der Waals surface area contributed by atoms with Gasteiger partial charge in [0, 0.05) is 36.1 Å². The van der Waals surface area contributed by atoms with Crippen LogP contribution in [0, 0.1) is 10.1 Å². The number of hydrogen-bond donors (Lipinski definition) is 2. The molecule has 1 aliphatic heterocycles. The van der Waals surface area contributed by atoms with Crippen molar-refractivity contribution in [1.29, 1.82) is 0 Å². The maximum absolute atomic E-state index is 12.0. The van der Waals surface area contributed by atoms with Gasteiger partial charge < -0.3 is 10.6 Å². The van der Waals surface area contributed by atoms with Crippen LogP contribution in [0.5, 0.6) is 0 Å². The van der Waals surface area contributed by atoms with E-state index in [2.05, 4.69) is 10.2 Å². The van der Waals surface area contributed by atoms with Gasteiger partial charge in [-0.2, -0.15) is 5.10 Å². The fourth-order valence-electron chi connectivity index (χ4n) is 3.81. The Bertz CT molecular complexity index is 1090. The molecule has 3 N–H and O–H groups in total. The fraction of sp³-hybridized carbons (Fsp3) is 0.300. The van der Waals surface area contributed by atoms with Gasteiger partial charge in [-0.15, -0.1) is 0 Å². The molecule has 0 spiro atoms. The van der Waals surface area contributed by atoms with Crippen molar-refractivity contribution < 1.29 is 4.92 Å². The highest BCUT2D eigenvalue weighted by atomic mass is 16.6. The molecule has 1 aliphatic rings. The van der Waals surface area contributed by atoms with Crippen molar-refractivity contribution in [3.63, 3.8) is 0 Å². The Morgan fingerprint density at radius 2 is 1.96 bits per heavy atom. The zero-order valence-corrected chi connectivity index (χ0v) is 15.3. The molecule has 8 nitrogen and oxygen atoms in total. The molecule has 0 aliphatic carbocycles. The van der Waals surface area contributed by atoms with Crippen molar-refractivity contribution in [2.75, 3.05) is 18.0 Å². The van der Waals surface area contributed by atoms with Gasteiger partial charge in [-0.25, -0.2) is 5.10 Å². The number of fused-ring (bicyclic) bond motifs is 1. The van der Waals surface area contributed by atoms with Crippen LogP contribution in [0.3, 0.4) is 0 Å². The van der Waals surface area contributed by atoms with Crippen molar-refractivity contribution in [3.8, 4) is 11.3 Å². The van der Waals surface area contributed by atoms with Gasteiger partial charge in [0.25, 0.3) is 11.2 Å². The van der Waals surface area contributed by atoms with Crippen molar-refractivity contribution in [2.45, 2.75) is 25.3 Å². The van der Waals surface area contributed by atoms with Crippen LogP contribution in [0.1, 0.15) is 19.3 Å². The third kappa shape index (κ3) is 3.34. The highest BCUT2D eigenvalue weighted by Gasteiger charge is 2.24. The molecule has 0 bridgehead atoms. The Hall–Kier alpha value is -3.26. The minimum atomic E-state index is -0.372. The smallest absolute Gasteiger partial charge is 0.293 e. The van der Waals surface area contributed by atoms with E-state index in [-0.39, 0.29) is 22.2 Å². The largest absolute Gasteiger partial charge is 0.364 e. The minimum absolute atomic E-state index is 0.00610. The molecule has 28 heavy (non-hydrogen) atoms. The van der Waals surface area contributed by atoms with Gasteiger partial charge in [0.05, 0.1) is 16.0 Å². The van der Waals surface area contributed by atoms with Gasteiger partial charge in [0.1, 0.15) is 5.69 Å². The molecule has 1 fully saturated rings. The van der Waals surface area contributed by atoms with Crippen LogP contribution in [0.15, 0.2) is 47.3 Å². The van der Waals surface area contributed by atoms with Gasteiger partial charge in [-0.3, -0.25) is 14.9 Å². The molecule has 0 saturated carbocycles. The maximum atomic E-state index is 12.0. The summed E-state index contributed by atoms with van der Waals surface area (Å²) in [6.07, 6.45) is 2.91. The molecular weight excluding hydrogens is 358 g/mol. The van der Waals surface area contributed by atoms with Crippen molar-refractivity contribution in [3.05, 3.63) is 62.9 Å². The second-order valence-electron chi connectivity index (χ2n) is 7.11. The Morgan fingerprint density at radius 3 is 2.75 bits per heavy atom. The second-order valence-corrected chi connectivity index (χ2v) is 7.11. The second kappa shape index (κ2) is 7.40. The van der Waals surface area contributed by atoms with Gasteiger partial charge in [0.15, 0.2) is 0 Å². The molecule has 2 heterocycles. The van der Waals surface area contributed by atoms with E-state index in [0.29, 0.717) is 34.3 Å². The number of anilines is 1. The molecule has 0 radical (unpaired) electrons. The molecule has 1 atom stereocenters. The average molecular weight is 379 g/mol. The lowest BCUT2D eigenvalue weighted by Crippen LogP contribution is -2.36. The number of nitrogens with zero attached hydrogens (tertiary/aromatic N) is 3. The van der Waals surface area contributed by atoms with Crippen LogP contribution >= 0.6 is 0 Å². The third-order valence-electron chi connectivity index (χ3n) is 5.19. The molecule has 1 saturated heterocycles. The lowest BCUT2D eigenvalue weighted by Gasteiger charge is -2.24. The number of aromatic nitrogens is 2. The Morgan fingerprint density at radius 1 is 1.18 bits per heavy atom. The summed E-state index contributed by atoms with van der Waals surface area (Å²) in [5, 5.41) is 19.6. The van der Waals surface area contributed by atoms with E-state index < -0.39 is 0 Å². The Balaban J connectivity index is 1.83. The first-order chi connectivity index (χ1) is 13.5. The highest BCUT2D eigenvalue weighted by Crippen LogP contribution is 2.35. The van der Waals surface area contributed by atoms with Crippen molar-refractivity contribution in [1.82, 2.24) is 10.2 Å². The number of nitro groups is 1. The SMILES string of the molecule is NC1CCCCN(c2ccc(-c3n[nH]c(=O)c4ccccc34)cc2[N+](=O)[O-])C1. The molecule has 8 heteroatoms. The summed E-state index contributed by atoms with van der Waals surface area (Å²) in [7, 11) is 0. The summed E-state index contributed by atoms with van der Waals surface area (Å²) in [5.74, 6) is 0. The van der Waals surface area contributed by atoms with Crippen LogP contribution in [-0.4, -0.2) is 34.3 Å². The fourth-order valence-corrected chi connectivity index (χ4v) is 3.81. The summed E-state index contributed by atoms with van der Waals surface area (Å²) < 4.78 is 0. The van der Waals surface area contributed by atoms with E-state index in [0.717, 1.165) is 25.8 Å². The van der Waals surface area contributed by atoms with Crippen LogP contribution < -0.4 is 16.2 Å². The zero-order valence-electron chi connectivity index (χ0n) is 15.3. The topological polar surface area (TPSA) is 118 Å². The van der Waals surface area contributed by atoms with Crippen LogP contribution in [0.25, 0.3) is 22.0 Å². The third-order valence-corrected chi connectivity index (χ3v) is 5.19. The van der Waals surface area contributed by atoms with Crippen molar-refractivity contribution in [2.24, 2.45) is 5.73 Å². The van der Waals surface area contributed by atoms with E-state index in [1.807, 2.05) is 17.0 Å². The van der Waals surface area contributed by atoms with Gasteiger partial charge in [-0.05, 0) is 25.0 Å². The zero-order chi connectivity index (χ0) is 19.7. The number of nitrogens with one attached hydrogen (secondary N) is 1. The molecule has 1 aromatic heterocycles. The standard InChI is InChI=1S/C20H21N5O3/c21-14-5-3-4-10-24(12-14)17-9-8-13(11-18(17)25(27)28)19-15-6-1-2-7-16(15)20(26)23-22-19/h1-2,6-9,11,14H,3-5,10,12,21H2,(H,23,26). The van der Waals surface area contributed by atoms with Gasteiger partial charge >= 0.3 is 0 Å². The first-order valence-electron chi connectivity index (χ1n) is 9.31. The number of aromatic amines is 1. The molecule has 1 unspecified atom stereocenters. The summed E-state index contributed by atoms with van der Waals surface area (Å²) in [6.45, 7) is 1.34. The van der Waals surface area contributed by atoms with E-state index in [1.165, 1.54) is 6.07 Å². The van der Waals surface area contributed by atoms with E-state index in [4.69, 9.17) is 5.73 Å². The lowest BCUT2D eigenvalue weighted by atomic mass is 10.0. The quantitative estimate of drug-likeness (QED) is 0.534. The highest BCUT2D eigenvalue weighted by molar-refractivity contribution is 5.94. The summed E-state index contributed by atoms with van der Waals surface area (Å²) >= 11 is 0. The number of benzene rings is 2. The normalized spacial score (nSPS) is 17.5. The summed E-state index contributed by atoms with van der Waals surface area (Å²) in [4.78, 5) is 25.4. The van der Waals surface area contributed by atoms with Crippen LogP contribution in [-0.2, 0) is 0 Å². The first-order valence-corrected chi connectivity index (χ1v) is 9.31. The molecule has 3 aromatic rings. The number of rotatable bonds is 3. The van der Waals surface area contributed by atoms with E-state index >= 15 is 0 Å². The predicted octanol–water partition coefficient (Wildman–Crippen LogP) is 2.82. The molecule has 4 rings (SSSR count). The number of nitrogens with two attached hydrogens (primary N) is 1. The van der Waals surface area contributed by atoms with Gasteiger partial charge in [0.2, 0.25) is 0 Å². The van der Waals surface area contributed by atoms with E-state index in [1.54, 1.807) is 24.3 Å². The van der Waals surface area contributed by atoms with E-state index in [9.17, 15) is 14.9 Å².